The van der Waals surface area contributed by atoms with E-state index in [0.717, 1.165) is 0 Å². The van der Waals surface area contributed by atoms with Crippen molar-refractivity contribution in [3.05, 3.63) is 29.8 Å². The van der Waals surface area contributed by atoms with Crippen LogP contribution in [0.15, 0.2) is 29.2 Å². The number of carboxylic acid groups (broad SMARTS) is 1. The summed E-state index contributed by atoms with van der Waals surface area (Å²) in [5.41, 5.74) is 0.413. The molecule has 108 valence electrons. The van der Waals surface area contributed by atoms with Gasteiger partial charge in [0.2, 0.25) is 0 Å². The Labute approximate surface area is 118 Å². The van der Waals surface area contributed by atoms with Crippen LogP contribution >= 0.6 is 0 Å². The number of carbonyl (C=O) groups is 1. The fourth-order valence-corrected chi connectivity index (χ4v) is 2.75. The first-order chi connectivity index (χ1) is 9.45. The van der Waals surface area contributed by atoms with E-state index in [0.29, 0.717) is 18.5 Å². The van der Waals surface area contributed by atoms with Gasteiger partial charge in [0, 0.05) is 13.0 Å². The molecule has 2 N–H and O–H groups in total. The molecule has 0 aromatic heterocycles. The molecule has 0 aliphatic heterocycles. The van der Waals surface area contributed by atoms with E-state index >= 15 is 0 Å². The summed E-state index contributed by atoms with van der Waals surface area (Å²) in [6.45, 7) is 0.733. The van der Waals surface area contributed by atoms with E-state index in [1.807, 2.05) is 6.07 Å². The lowest BCUT2D eigenvalue weighted by Crippen LogP contribution is -2.24. The minimum atomic E-state index is -3.38. The SMILES string of the molecule is N#Cc1ccc(S(=O)(=O)CCNCCCC(=O)O)cc1. The third-order valence-corrected chi connectivity index (χ3v) is 4.37. The number of sulfone groups is 1. The highest BCUT2D eigenvalue weighted by molar-refractivity contribution is 7.91. The Hall–Kier alpha value is -1.91. The highest BCUT2D eigenvalue weighted by atomic mass is 32.2. The van der Waals surface area contributed by atoms with Gasteiger partial charge in [-0.3, -0.25) is 4.79 Å². The molecule has 0 heterocycles. The molecule has 0 saturated carbocycles. The van der Waals surface area contributed by atoms with Crippen LogP contribution in [0.5, 0.6) is 0 Å². The average molecular weight is 296 g/mol. The molecule has 0 unspecified atom stereocenters. The zero-order chi connectivity index (χ0) is 15.0. The van der Waals surface area contributed by atoms with Crippen molar-refractivity contribution in [1.82, 2.24) is 5.32 Å². The number of hydrogen-bond donors (Lipinski definition) is 2. The Bertz CT molecular complexity index is 588. The van der Waals surface area contributed by atoms with Crippen LogP contribution in [-0.4, -0.2) is 38.3 Å². The molecule has 1 rings (SSSR count). The smallest absolute Gasteiger partial charge is 0.303 e. The van der Waals surface area contributed by atoms with Crippen LogP contribution in [0.1, 0.15) is 18.4 Å². The van der Waals surface area contributed by atoms with Gasteiger partial charge in [0.15, 0.2) is 9.84 Å². The normalized spacial score (nSPS) is 10.9. The van der Waals surface area contributed by atoms with E-state index in [1.165, 1.54) is 24.3 Å². The van der Waals surface area contributed by atoms with Crippen LogP contribution < -0.4 is 5.32 Å². The fourth-order valence-electron chi connectivity index (χ4n) is 1.55. The molecule has 7 heteroatoms. The van der Waals surface area contributed by atoms with E-state index < -0.39 is 15.8 Å². The number of aliphatic carboxylic acids is 1. The quantitative estimate of drug-likeness (QED) is 0.687. The van der Waals surface area contributed by atoms with Gasteiger partial charge in [-0.2, -0.15) is 5.26 Å². The summed E-state index contributed by atoms with van der Waals surface area (Å²) in [6, 6.07) is 7.69. The molecule has 1 aromatic rings. The number of nitrogens with zero attached hydrogens (tertiary/aromatic N) is 1. The molecule has 0 bridgehead atoms. The van der Waals surface area contributed by atoms with Gasteiger partial charge < -0.3 is 10.4 Å². The Balaban J connectivity index is 2.41. The Kier molecular flexibility index (Phi) is 6.15. The molecule has 0 fully saturated rings. The van der Waals surface area contributed by atoms with Gasteiger partial charge in [-0.1, -0.05) is 0 Å². The van der Waals surface area contributed by atoms with Crippen molar-refractivity contribution < 1.29 is 18.3 Å². The molecular formula is C13H16N2O4S. The second kappa shape index (κ2) is 7.62. The number of nitriles is 1. The second-order valence-electron chi connectivity index (χ2n) is 4.20. The van der Waals surface area contributed by atoms with Crippen molar-refractivity contribution >= 4 is 15.8 Å². The molecule has 0 aliphatic rings. The van der Waals surface area contributed by atoms with Gasteiger partial charge in [-0.15, -0.1) is 0 Å². The Morgan fingerprint density at radius 3 is 2.45 bits per heavy atom. The maximum Gasteiger partial charge on any atom is 0.303 e. The lowest BCUT2D eigenvalue weighted by atomic mass is 10.2. The third kappa shape index (κ3) is 5.38. The molecule has 6 nitrogen and oxygen atoms in total. The second-order valence-corrected chi connectivity index (χ2v) is 6.31. The van der Waals surface area contributed by atoms with Crippen LogP contribution in [-0.2, 0) is 14.6 Å². The van der Waals surface area contributed by atoms with E-state index in [4.69, 9.17) is 10.4 Å². The van der Waals surface area contributed by atoms with Crippen molar-refractivity contribution in [2.24, 2.45) is 0 Å². The number of carboxylic acids is 1. The third-order valence-electron chi connectivity index (χ3n) is 2.63. The standard InChI is InChI=1S/C13H16N2O4S/c14-10-11-3-5-12(6-4-11)20(18,19)9-8-15-7-1-2-13(16)17/h3-6,15H,1-2,7-9H2,(H,16,17). The van der Waals surface area contributed by atoms with Gasteiger partial charge in [-0.25, -0.2) is 8.42 Å². The summed E-state index contributed by atoms with van der Waals surface area (Å²) in [6.07, 6.45) is 0.529. The topological polar surface area (TPSA) is 107 Å². The first kappa shape index (κ1) is 16.1. The van der Waals surface area contributed by atoms with E-state index in [1.54, 1.807) is 0 Å². The first-order valence-electron chi connectivity index (χ1n) is 6.11. The van der Waals surface area contributed by atoms with Crippen molar-refractivity contribution in [3.8, 4) is 6.07 Å². The fraction of sp³-hybridized carbons (Fsp3) is 0.385. The summed E-state index contributed by atoms with van der Waals surface area (Å²) in [5, 5.41) is 20.0. The number of rotatable bonds is 8. The number of benzene rings is 1. The lowest BCUT2D eigenvalue weighted by molar-refractivity contribution is -0.137. The van der Waals surface area contributed by atoms with Gasteiger partial charge in [0.25, 0.3) is 0 Å². The zero-order valence-electron chi connectivity index (χ0n) is 10.9. The molecule has 0 spiro atoms. The Morgan fingerprint density at radius 1 is 1.25 bits per heavy atom. The van der Waals surface area contributed by atoms with E-state index in [-0.39, 0.29) is 23.6 Å². The van der Waals surface area contributed by atoms with Crippen molar-refractivity contribution in [2.45, 2.75) is 17.7 Å². The molecule has 20 heavy (non-hydrogen) atoms. The number of nitrogens with one attached hydrogen (secondary N) is 1. The molecule has 0 saturated heterocycles. The number of hydrogen-bond acceptors (Lipinski definition) is 5. The molecular weight excluding hydrogens is 280 g/mol. The summed E-state index contributed by atoms with van der Waals surface area (Å²) in [7, 11) is -3.38. The van der Waals surface area contributed by atoms with Crippen LogP contribution in [0.4, 0.5) is 0 Å². The maximum atomic E-state index is 12.0. The largest absolute Gasteiger partial charge is 0.481 e. The summed E-state index contributed by atoms with van der Waals surface area (Å²) in [4.78, 5) is 10.5. The van der Waals surface area contributed by atoms with Crippen LogP contribution in [0, 0.1) is 11.3 Å². The first-order valence-corrected chi connectivity index (χ1v) is 7.76. The van der Waals surface area contributed by atoms with Gasteiger partial charge in [-0.05, 0) is 37.2 Å². The van der Waals surface area contributed by atoms with Gasteiger partial charge in [0.1, 0.15) is 0 Å². The van der Waals surface area contributed by atoms with E-state index in [2.05, 4.69) is 5.32 Å². The molecule has 1 aromatic carbocycles. The monoisotopic (exact) mass is 296 g/mol. The lowest BCUT2D eigenvalue weighted by Gasteiger charge is -2.06. The highest BCUT2D eigenvalue weighted by Crippen LogP contribution is 2.11. The minimum Gasteiger partial charge on any atom is -0.481 e. The van der Waals surface area contributed by atoms with Crippen molar-refractivity contribution in [1.29, 1.82) is 5.26 Å². The summed E-state index contributed by atoms with van der Waals surface area (Å²) >= 11 is 0. The van der Waals surface area contributed by atoms with Gasteiger partial charge >= 0.3 is 5.97 Å². The average Bonchev–Trinajstić information content (AvgIpc) is 2.42. The predicted molar refractivity (Wildman–Crippen MR) is 72.9 cm³/mol. The molecule has 0 atom stereocenters. The van der Waals surface area contributed by atoms with Crippen molar-refractivity contribution in [3.63, 3.8) is 0 Å². The summed E-state index contributed by atoms with van der Waals surface area (Å²) in [5.74, 6) is -0.927. The minimum absolute atomic E-state index is 0.0635. The zero-order valence-corrected chi connectivity index (χ0v) is 11.7. The van der Waals surface area contributed by atoms with Crippen LogP contribution in [0.2, 0.25) is 0 Å². The molecule has 0 aliphatic carbocycles. The van der Waals surface area contributed by atoms with Gasteiger partial charge in [0.05, 0.1) is 22.3 Å². The van der Waals surface area contributed by atoms with Crippen LogP contribution in [0.3, 0.4) is 0 Å². The summed E-state index contributed by atoms with van der Waals surface area (Å²) < 4.78 is 23.9. The van der Waals surface area contributed by atoms with Crippen molar-refractivity contribution in [2.75, 3.05) is 18.8 Å². The Morgan fingerprint density at radius 2 is 1.90 bits per heavy atom. The molecule has 0 radical (unpaired) electrons. The highest BCUT2D eigenvalue weighted by Gasteiger charge is 2.13. The predicted octanol–water partition coefficient (Wildman–Crippen LogP) is 0.786. The molecule has 0 amide bonds. The van der Waals surface area contributed by atoms with E-state index in [9.17, 15) is 13.2 Å². The van der Waals surface area contributed by atoms with Crippen LogP contribution in [0.25, 0.3) is 0 Å². The maximum absolute atomic E-state index is 12.0.